The topological polar surface area (TPSA) is 60.8 Å². The van der Waals surface area contributed by atoms with Crippen molar-refractivity contribution in [2.24, 2.45) is 17.8 Å². The molecule has 4 nitrogen and oxygen atoms in total. The van der Waals surface area contributed by atoms with Gasteiger partial charge >= 0.3 is 0 Å². The van der Waals surface area contributed by atoms with E-state index in [-0.39, 0.29) is 24.0 Å². The van der Waals surface area contributed by atoms with Crippen LogP contribution < -0.4 is 0 Å². The maximum Gasteiger partial charge on any atom is 0.222 e. The van der Waals surface area contributed by atoms with E-state index in [1.165, 1.54) is 5.57 Å². The van der Waals surface area contributed by atoms with Gasteiger partial charge in [0.05, 0.1) is 12.2 Å². The molecule has 1 amide bonds. The highest BCUT2D eigenvalue weighted by Gasteiger charge is 2.47. The Morgan fingerprint density at radius 3 is 2.75 bits per heavy atom. The number of nitrogens with zero attached hydrogens (tertiary/aromatic N) is 1. The van der Waals surface area contributed by atoms with Crippen LogP contribution in [0.3, 0.4) is 0 Å². The third-order valence-corrected chi connectivity index (χ3v) is 5.89. The number of hydrogen-bond donors (Lipinski definition) is 2. The van der Waals surface area contributed by atoms with Crippen molar-refractivity contribution in [1.29, 1.82) is 0 Å². The van der Waals surface area contributed by atoms with Crippen LogP contribution in [0.15, 0.2) is 11.6 Å². The lowest BCUT2D eigenvalue weighted by Gasteiger charge is -2.27. The van der Waals surface area contributed by atoms with Crippen LogP contribution in [0.1, 0.15) is 64.7 Å². The maximum atomic E-state index is 11.6. The molecule has 1 fully saturated rings. The average molecular weight is 338 g/mol. The van der Waals surface area contributed by atoms with Crippen LogP contribution in [0.4, 0.5) is 0 Å². The van der Waals surface area contributed by atoms with E-state index >= 15 is 0 Å². The van der Waals surface area contributed by atoms with Crippen LogP contribution in [-0.4, -0.2) is 47.3 Å². The second-order valence-electron chi connectivity index (χ2n) is 7.94. The number of carbonyl (C=O) groups excluding carboxylic acids is 1. The highest BCUT2D eigenvalue weighted by atomic mass is 16.3. The Balaban J connectivity index is 1.78. The number of allylic oxidation sites excluding steroid dienone is 2. The summed E-state index contributed by atoms with van der Waals surface area (Å²) in [6, 6.07) is 0. The summed E-state index contributed by atoms with van der Waals surface area (Å²) in [5.41, 5.74) is 1.47. The number of unbranched alkanes of at least 4 members (excludes halogenated alkanes) is 2. The molecule has 2 rings (SSSR count). The van der Waals surface area contributed by atoms with Crippen LogP contribution in [0.25, 0.3) is 0 Å². The molecule has 138 valence electrons. The smallest absolute Gasteiger partial charge is 0.222 e. The first kappa shape index (κ1) is 19.5. The number of aliphatic hydroxyl groups excluding tert-OH is 2. The van der Waals surface area contributed by atoms with E-state index in [2.05, 4.69) is 13.0 Å². The maximum absolute atomic E-state index is 11.6. The van der Waals surface area contributed by atoms with Crippen molar-refractivity contribution in [2.75, 3.05) is 14.1 Å². The standard InChI is InChI=1S/C20H35NO3/c1-4-5-9-17(22)20-16-12-14(11-15(16)13-18(20)23)8-6-7-10-19(24)21(2)3/h11,15-18,20,22-23H,4-10,12-13H2,1-3H3/t15-,16-,17-,18+,20-/m0/s1. The molecule has 5 atom stereocenters. The SMILES string of the molecule is CCCC[C@H](O)[C@@H]1[C@H]2CC(CCCCC(=O)N(C)C)=C[C@H]2C[C@H]1O. The lowest BCUT2D eigenvalue weighted by atomic mass is 9.83. The first-order valence-electron chi connectivity index (χ1n) is 9.69. The number of hydrogen-bond acceptors (Lipinski definition) is 3. The fraction of sp³-hybridized carbons (Fsp3) is 0.850. The van der Waals surface area contributed by atoms with E-state index < -0.39 is 0 Å². The number of aliphatic hydroxyl groups is 2. The van der Waals surface area contributed by atoms with Gasteiger partial charge in [-0.05, 0) is 50.4 Å². The highest BCUT2D eigenvalue weighted by molar-refractivity contribution is 5.75. The Morgan fingerprint density at radius 1 is 1.33 bits per heavy atom. The molecule has 0 aliphatic heterocycles. The first-order valence-corrected chi connectivity index (χ1v) is 9.69. The summed E-state index contributed by atoms with van der Waals surface area (Å²) in [4.78, 5) is 13.3. The summed E-state index contributed by atoms with van der Waals surface area (Å²) < 4.78 is 0. The summed E-state index contributed by atoms with van der Waals surface area (Å²) in [7, 11) is 3.61. The Hall–Kier alpha value is -0.870. The lowest BCUT2D eigenvalue weighted by Crippen LogP contribution is -2.32. The minimum atomic E-state index is -0.361. The summed E-state index contributed by atoms with van der Waals surface area (Å²) in [6.07, 6.45) is 10.1. The molecule has 0 aromatic carbocycles. The number of carbonyl (C=O) groups is 1. The predicted molar refractivity (Wildman–Crippen MR) is 96.5 cm³/mol. The van der Waals surface area contributed by atoms with Gasteiger partial charge in [-0.25, -0.2) is 0 Å². The third kappa shape index (κ3) is 4.82. The largest absolute Gasteiger partial charge is 0.393 e. The minimum absolute atomic E-state index is 0.0469. The zero-order chi connectivity index (χ0) is 17.7. The van der Waals surface area contributed by atoms with E-state index in [0.717, 1.165) is 51.4 Å². The molecule has 24 heavy (non-hydrogen) atoms. The second-order valence-corrected chi connectivity index (χ2v) is 7.94. The molecule has 2 N–H and O–H groups in total. The molecule has 0 spiro atoms. The number of fused-ring (bicyclic) bond motifs is 1. The third-order valence-electron chi connectivity index (χ3n) is 5.89. The van der Waals surface area contributed by atoms with E-state index in [1.54, 1.807) is 19.0 Å². The van der Waals surface area contributed by atoms with E-state index in [0.29, 0.717) is 18.3 Å². The van der Waals surface area contributed by atoms with E-state index in [4.69, 9.17) is 0 Å². The molecule has 0 heterocycles. The zero-order valence-electron chi connectivity index (χ0n) is 15.6. The van der Waals surface area contributed by atoms with E-state index in [9.17, 15) is 15.0 Å². The summed E-state index contributed by atoms with van der Waals surface area (Å²) in [5.74, 6) is 1.12. The normalized spacial score (nSPS) is 30.1. The Kier molecular flexibility index (Phi) is 7.30. The molecule has 0 saturated heterocycles. The predicted octanol–water partition coefficient (Wildman–Crippen LogP) is 3.13. The van der Waals surface area contributed by atoms with Crippen molar-refractivity contribution in [2.45, 2.75) is 76.9 Å². The summed E-state index contributed by atoms with van der Waals surface area (Å²) in [5, 5.41) is 20.8. The molecule has 4 heteroatoms. The molecule has 0 aromatic rings. The Labute approximate surface area is 146 Å². The van der Waals surface area contributed by atoms with Gasteiger partial charge in [0, 0.05) is 26.4 Å². The van der Waals surface area contributed by atoms with Crippen LogP contribution in [0, 0.1) is 17.8 Å². The van der Waals surface area contributed by atoms with Crippen molar-refractivity contribution in [3.63, 3.8) is 0 Å². The van der Waals surface area contributed by atoms with E-state index in [1.807, 2.05) is 0 Å². The fourth-order valence-electron chi connectivity index (χ4n) is 4.52. The quantitative estimate of drug-likeness (QED) is 0.502. The van der Waals surface area contributed by atoms with Gasteiger partial charge in [0.2, 0.25) is 5.91 Å². The molecule has 2 aliphatic rings. The van der Waals surface area contributed by atoms with Gasteiger partial charge in [-0.15, -0.1) is 0 Å². The second kappa shape index (κ2) is 9.00. The molecule has 1 saturated carbocycles. The Morgan fingerprint density at radius 2 is 2.08 bits per heavy atom. The lowest BCUT2D eigenvalue weighted by molar-refractivity contribution is -0.128. The summed E-state index contributed by atoms with van der Waals surface area (Å²) in [6.45, 7) is 2.14. The molecule has 0 aromatic heterocycles. The molecule has 0 radical (unpaired) electrons. The van der Waals surface area contributed by atoms with Crippen LogP contribution in [0.2, 0.25) is 0 Å². The Bertz CT molecular complexity index is 446. The number of amides is 1. The van der Waals surface area contributed by atoms with Crippen LogP contribution >= 0.6 is 0 Å². The van der Waals surface area contributed by atoms with Crippen molar-refractivity contribution in [3.8, 4) is 0 Å². The first-order chi connectivity index (χ1) is 11.4. The fourth-order valence-corrected chi connectivity index (χ4v) is 4.52. The van der Waals surface area contributed by atoms with Crippen molar-refractivity contribution < 1.29 is 15.0 Å². The van der Waals surface area contributed by atoms with Gasteiger partial charge in [0.15, 0.2) is 0 Å². The van der Waals surface area contributed by atoms with Crippen molar-refractivity contribution in [3.05, 3.63) is 11.6 Å². The minimum Gasteiger partial charge on any atom is -0.393 e. The van der Waals surface area contributed by atoms with Gasteiger partial charge < -0.3 is 15.1 Å². The van der Waals surface area contributed by atoms with Crippen LogP contribution in [-0.2, 0) is 4.79 Å². The molecule has 2 aliphatic carbocycles. The van der Waals surface area contributed by atoms with Crippen molar-refractivity contribution in [1.82, 2.24) is 4.90 Å². The average Bonchev–Trinajstić information content (AvgIpc) is 3.04. The molecular weight excluding hydrogens is 302 g/mol. The highest BCUT2D eigenvalue weighted by Crippen LogP contribution is 2.49. The van der Waals surface area contributed by atoms with Gasteiger partial charge in [-0.1, -0.05) is 31.4 Å². The van der Waals surface area contributed by atoms with Crippen molar-refractivity contribution >= 4 is 5.91 Å². The van der Waals surface area contributed by atoms with Gasteiger partial charge in [0.25, 0.3) is 0 Å². The number of rotatable bonds is 9. The molecule has 0 bridgehead atoms. The monoisotopic (exact) mass is 337 g/mol. The summed E-state index contributed by atoms with van der Waals surface area (Å²) >= 11 is 0. The van der Waals surface area contributed by atoms with Gasteiger partial charge in [-0.2, -0.15) is 0 Å². The molecular formula is C20H35NO3. The van der Waals surface area contributed by atoms with Crippen LogP contribution in [0.5, 0.6) is 0 Å². The van der Waals surface area contributed by atoms with Gasteiger partial charge in [0.1, 0.15) is 0 Å². The zero-order valence-corrected chi connectivity index (χ0v) is 15.6. The molecule has 0 unspecified atom stereocenters. The van der Waals surface area contributed by atoms with Gasteiger partial charge in [-0.3, -0.25) is 4.79 Å².